The predicted octanol–water partition coefficient (Wildman–Crippen LogP) is 4.19. The SMILES string of the molecule is CCc1ccc2c(c1)[C@H]1C[C@@](C)(O2)N(c2cccc(OC)c2)C(=S)N1. The van der Waals surface area contributed by atoms with Crippen LogP contribution in [-0.4, -0.2) is 17.9 Å². The molecule has 2 aliphatic heterocycles. The molecular formula is C20H22N2O2S. The highest BCUT2D eigenvalue weighted by molar-refractivity contribution is 7.80. The zero-order valence-corrected chi connectivity index (χ0v) is 15.5. The van der Waals surface area contributed by atoms with E-state index >= 15 is 0 Å². The Morgan fingerprint density at radius 1 is 1.32 bits per heavy atom. The third kappa shape index (κ3) is 2.63. The standard InChI is InChI=1S/C20H22N2O2S/c1-4-13-8-9-18-16(10-13)17-12-20(2,24-18)22(19(25)21-17)14-6-5-7-15(11-14)23-3/h5-11,17H,4,12H2,1-3H3,(H,21,25)/t17-,20-/m1/s1. The maximum absolute atomic E-state index is 6.46. The number of hydrogen-bond donors (Lipinski definition) is 1. The zero-order chi connectivity index (χ0) is 17.6. The number of methoxy groups -OCH3 is 1. The molecule has 0 aliphatic carbocycles. The van der Waals surface area contributed by atoms with Crippen molar-refractivity contribution in [3.63, 3.8) is 0 Å². The molecule has 0 aromatic heterocycles. The highest BCUT2D eigenvalue weighted by Gasteiger charge is 2.48. The molecule has 2 aliphatic rings. The van der Waals surface area contributed by atoms with Crippen molar-refractivity contribution in [3.8, 4) is 11.5 Å². The van der Waals surface area contributed by atoms with Crippen molar-refractivity contribution in [3.05, 3.63) is 53.6 Å². The van der Waals surface area contributed by atoms with E-state index in [1.54, 1.807) is 7.11 Å². The van der Waals surface area contributed by atoms with Crippen LogP contribution < -0.4 is 19.7 Å². The number of nitrogens with zero attached hydrogens (tertiary/aromatic N) is 1. The minimum atomic E-state index is -0.528. The van der Waals surface area contributed by atoms with Gasteiger partial charge in [-0.3, -0.25) is 4.90 Å². The van der Waals surface area contributed by atoms with Crippen LogP contribution in [0, 0.1) is 0 Å². The summed E-state index contributed by atoms with van der Waals surface area (Å²) in [5.74, 6) is 1.73. The molecule has 4 nitrogen and oxygen atoms in total. The first-order valence-electron chi connectivity index (χ1n) is 8.60. The average molecular weight is 354 g/mol. The van der Waals surface area contributed by atoms with Gasteiger partial charge in [0.2, 0.25) is 0 Å². The fourth-order valence-electron chi connectivity index (χ4n) is 3.78. The van der Waals surface area contributed by atoms with Gasteiger partial charge in [-0.2, -0.15) is 0 Å². The predicted molar refractivity (Wildman–Crippen MR) is 103 cm³/mol. The van der Waals surface area contributed by atoms with Crippen LogP contribution in [0.2, 0.25) is 0 Å². The Kier molecular flexibility index (Phi) is 3.84. The summed E-state index contributed by atoms with van der Waals surface area (Å²) in [5.41, 5.74) is 2.95. The molecular weight excluding hydrogens is 332 g/mol. The molecule has 2 aromatic carbocycles. The van der Waals surface area contributed by atoms with Gasteiger partial charge in [0.25, 0.3) is 0 Å². The molecule has 130 valence electrons. The summed E-state index contributed by atoms with van der Waals surface area (Å²) in [6, 6.07) is 14.5. The Hall–Kier alpha value is -2.27. The molecule has 0 saturated carbocycles. The fraction of sp³-hybridized carbons (Fsp3) is 0.350. The fourth-order valence-corrected chi connectivity index (χ4v) is 4.23. The second kappa shape index (κ2) is 5.92. The van der Waals surface area contributed by atoms with E-state index in [4.69, 9.17) is 21.7 Å². The van der Waals surface area contributed by atoms with E-state index in [2.05, 4.69) is 42.3 Å². The lowest BCUT2D eigenvalue weighted by Gasteiger charge is -2.52. The van der Waals surface area contributed by atoms with Gasteiger partial charge < -0.3 is 14.8 Å². The molecule has 1 saturated heterocycles. The van der Waals surface area contributed by atoms with Gasteiger partial charge in [-0.05, 0) is 49.3 Å². The van der Waals surface area contributed by atoms with Crippen LogP contribution in [0.15, 0.2) is 42.5 Å². The Morgan fingerprint density at radius 2 is 2.16 bits per heavy atom. The molecule has 0 radical (unpaired) electrons. The van der Waals surface area contributed by atoms with Crippen molar-refractivity contribution in [2.75, 3.05) is 12.0 Å². The lowest BCUT2D eigenvalue weighted by Crippen LogP contribution is -2.65. The quantitative estimate of drug-likeness (QED) is 0.836. The third-order valence-corrected chi connectivity index (χ3v) is 5.36. The lowest BCUT2D eigenvalue weighted by molar-refractivity contribution is 0.0497. The van der Waals surface area contributed by atoms with E-state index in [9.17, 15) is 0 Å². The van der Waals surface area contributed by atoms with Crippen molar-refractivity contribution in [1.82, 2.24) is 5.32 Å². The second-order valence-electron chi connectivity index (χ2n) is 6.75. The summed E-state index contributed by atoms with van der Waals surface area (Å²) < 4.78 is 11.8. The van der Waals surface area contributed by atoms with Crippen molar-refractivity contribution in [1.29, 1.82) is 0 Å². The number of hydrogen-bond acceptors (Lipinski definition) is 3. The maximum atomic E-state index is 6.46. The summed E-state index contributed by atoms with van der Waals surface area (Å²) in [6.07, 6.45) is 1.84. The van der Waals surface area contributed by atoms with Crippen LogP contribution >= 0.6 is 12.2 Å². The lowest BCUT2D eigenvalue weighted by atomic mass is 9.89. The first kappa shape index (κ1) is 16.2. The summed E-state index contributed by atoms with van der Waals surface area (Å²) in [6.45, 7) is 4.27. The van der Waals surface area contributed by atoms with Crippen molar-refractivity contribution in [2.24, 2.45) is 0 Å². The Balaban J connectivity index is 1.77. The van der Waals surface area contributed by atoms with Gasteiger partial charge in [-0.25, -0.2) is 0 Å². The highest BCUT2D eigenvalue weighted by atomic mass is 32.1. The number of aryl methyl sites for hydroxylation is 1. The van der Waals surface area contributed by atoms with Crippen molar-refractivity contribution >= 4 is 23.0 Å². The molecule has 2 heterocycles. The zero-order valence-electron chi connectivity index (χ0n) is 14.7. The van der Waals surface area contributed by atoms with Crippen LogP contribution in [0.3, 0.4) is 0 Å². The van der Waals surface area contributed by atoms with Gasteiger partial charge in [0, 0.05) is 18.1 Å². The van der Waals surface area contributed by atoms with Crippen LogP contribution in [0.1, 0.15) is 37.4 Å². The molecule has 0 spiro atoms. The van der Waals surface area contributed by atoms with Gasteiger partial charge in [0.15, 0.2) is 10.8 Å². The van der Waals surface area contributed by atoms with E-state index < -0.39 is 5.72 Å². The summed E-state index contributed by atoms with van der Waals surface area (Å²) in [5, 5.41) is 4.18. The highest BCUT2D eigenvalue weighted by Crippen LogP contribution is 2.46. The van der Waals surface area contributed by atoms with Gasteiger partial charge in [-0.15, -0.1) is 0 Å². The number of thiocarbonyl (C=S) groups is 1. The maximum Gasteiger partial charge on any atom is 0.188 e. The third-order valence-electron chi connectivity index (χ3n) is 5.06. The number of benzene rings is 2. The van der Waals surface area contributed by atoms with Crippen LogP contribution in [-0.2, 0) is 6.42 Å². The van der Waals surface area contributed by atoms with Crippen LogP contribution in [0.5, 0.6) is 11.5 Å². The summed E-state index contributed by atoms with van der Waals surface area (Å²) >= 11 is 5.70. The molecule has 5 heteroatoms. The smallest absolute Gasteiger partial charge is 0.188 e. The average Bonchev–Trinajstić information content (AvgIpc) is 2.61. The first-order valence-corrected chi connectivity index (χ1v) is 9.01. The molecule has 0 amide bonds. The molecule has 2 aromatic rings. The van der Waals surface area contributed by atoms with Gasteiger partial charge in [0.1, 0.15) is 11.5 Å². The van der Waals surface area contributed by atoms with Gasteiger partial charge in [0.05, 0.1) is 18.8 Å². The molecule has 2 bridgehead atoms. The summed E-state index contributed by atoms with van der Waals surface area (Å²) in [7, 11) is 1.67. The largest absolute Gasteiger partial charge is 0.497 e. The number of anilines is 1. The van der Waals surface area contributed by atoms with Gasteiger partial charge in [-0.1, -0.05) is 25.1 Å². The first-order chi connectivity index (χ1) is 12.0. The number of rotatable bonds is 3. The van der Waals surface area contributed by atoms with Crippen molar-refractivity contribution in [2.45, 2.75) is 38.5 Å². The molecule has 1 fully saturated rings. The van der Waals surface area contributed by atoms with E-state index in [0.29, 0.717) is 5.11 Å². The van der Waals surface area contributed by atoms with E-state index in [0.717, 1.165) is 30.0 Å². The molecule has 4 rings (SSSR count). The minimum Gasteiger partial charge on any atom is -0.497 e. The monoisotopic (exact) mass is 354 g/mol. The van der Waals surface area contributed by atoms with Crippen LogP contribution in [0.25, 0.3) is 0 Å². The van der Waals surface area contributed by atoms with E-state index in [1.807, 2.05) is 24.3 Å². The van der Waals surface area contributed by atoms with Crippen LogP contribution in [0.4, 0.5) is 5.69 Å². The molecule has 2 atom stereocenters. The van der Waals surface area contributed by atoms with E-state index in [-0.39, 0.29) is 6.04 Å². The topological polar surface area (TPSA) is 33.7 Å². The van der Waals surface area contributed by atoms with Gasteiger partial charge >= 0.3 is 0 Å². The minimum absolute atomic E-state index is 0.176. The molecule has 1 N–H and O–H groups in total. The van der Waals surface area contributed by atoms with Crippen molar-refractivity contribution < 1.29 is 9.47 Å². The Morgan fingerprint density at radius 3 is 2.92 bits per heavy atom. The number of ether oxygens (including phenoxy) is 2. The summed E-state index contributed by atoms with van der Waals surface area (Å²) in [4.78, 5) is 2.05. The Bertz CT molecular complexity index is 838. The number of fused-ring (bicyclic) bond motifs is 4. The Labute approximate surface area is 153 Å². The van der Waals surface area contributed by atoms with E-state index in [1.165, 1.54) is 11.1 Å². The molecule has 25 heavy (non-hydrogen) atoms. The second-order valence-corrected chi connectivity index (χ2v) is 7.13. The molecule has 0 unspecified atom stereocenters. The normalized spacial score (nSPS) is 24.2. The number of nitrogens with one attached hydrogen (secondary N) is 1.